The second-order valence-electron chi connectivity index (χ2n) is 4.53. The topological polar surface area (TPSA) is 69.7 Å². The SMILES string of the molecule is CCC(=O)O[C@H](C)CCOS(=O)(=O)c1ccc(C)cc1. The van der Waals surface area contributed by atoms with Crippen molar-refractivity contribution in [3.8, 4) is 0 Å². The van der Waals surface area contributed by atoms with Gasteiger partial charge >= 0.3 is 5.97 Å². The highest BCUT2D eigenvalue weighted by atomic mass is 32.2. The van der Waals surface area contributed by atoms with Gasteiger partial charge in [-0.3, -0.25) is 8.98 Å². The molecule has 0 radical (unpaired) electrons. The summed E-state index contributed by atoms with van der Waals surface area (Å²) < 4.78 is 33.7. The molecule has 1 rings (SSSR count). The summed E-state index contributed by atoms with van der Waals surface area (Å²) in [6.45, 7) is 5.26. The number of esters is 1. The summed E-state index contributed by atoms with van der Waals surface area (Å²) in [7, 11) is -3.75. The van der Waals surface area contributed by atoms with Crippen molar-refractivity contribution in [3.63, 3.8) is 0 Å². The molecule has 0 aliphatic rings. The quantitative estimate of drug-likeness (QED) is 0.571. The summed E-state index contributed by atoms with van der Waals surface area (Å²) in [6, 6.07) is 6.43. The molecule has 0 aliphatic carbocycles. The normalized spacial score (nSPS) is 12.9. The van der Waals surface area contributed by atoms with E-state index in [1.165, 1.54) is 12.1 Å². The standard InChI is InChI=1S/C14H20O5S/c1-4-14(15)19-12(3)9-10-18-20(16,17)13-7-5-11(2)6-8-13/h5-8,12H,4,9-10H2,1-3H3/t12-/m1/s1. The maximum atomic E-state index is 11.9. The zero-order valence-electron chi connectivity index (χ0n) is 12.0. The van der Waals surface area contributed by atoms with Crippen LogP contribution in [0.15, 0.2) is 29.2 Å². The molecule has 0 saturated carbocycles. The Balaban J connectivity index is 2.48. The molecule has 6 heteroatoms. The van der Waals surface area contributed by atoms with Gasteiger partial charge in [-0.1, -0.05) is 24.6 Å². The van der Waals surface area contributed by atoms with Gasteiger partial charge in [0.15, 0.2) is 0 Å². The third kappa shape index (κ3) is 5.30. The third-order valence-corrected chi connectivity index (χ3v) is 4.02. The number of hydrogen-bond acceptors (Lipinski definition) is 5. The molecule has 112 valence electrons. The van der Waals surface area contributed by atoms with Crippen LogP contribution in [0.3, 0.4) is 0 Å². The van der Waals surface area contributed by atoms with Crippen LogP contribution in [-0.4, -0.2) is 27.1 Å². The van der Waals surface area contributed by atoms with Gasteiger partial charge in [-0.05, 0) is 26.0 Å². The summed E-state index contributed by atoms with van der Waals surface area (Å²) in [4.78, 5) is 11.2. The smallest absolute Gasteiger partial charge is 0.305 e. The highest BCUT2D eigenvalue weighted by Gasteiger charge is 2.16. The molecule has 0 saturated heterocycles. The Bertz CT molecular complexity index is 533. The van der Waals surface area contributed by atoms with E-state index >= 15 is 0 Å². The van der Waals surface area contributed by atoms with Crippen LogP contribution in [0.2, 0.25) is 0 Å². The van der Waals surface area contributed by atoms with E-state index in [2.05, 4.69) is 0 Å². The van der Waals surface area contributed by atoms with Crippen molar-refractivity contribution in [1.29, 1.82) is 0 Å². The van der Waals surface area contributed by atoms with Crippen LogP contribution in [0.25, 0.3) is 0 Å². The molecule has 20 heavy (non-hydrogen) atoms. The minimum Gasteiger partial charge on any atom is -0.463 e. The fourth-order valence-electron chi connectivity index (χ4n) is 1.46. The van der Waals surface area contributed by atoms with Crippen LogP contribution in [-0.2, 0) is 23.8 Å². The zero-order valence-corrected chi connectivity index (χ0v) is 12.8. The zero-order chi connectivity index (χ0) is 15.2. The summed E-state index contributed by atoms with van der Waals surface area (Å²) >= 11 is 0. The average Bonchev–Trinajstić information content (AvgIpc) is 2.38. The maximum Gasteiger partial charge on any atom is 0.305 e. The van der Waals surface area contributed by atoms with Crippen molar-refractivity contribution < 1.29 is 22.1 Å². The Morgan fingerprint density at radius 3 is 2.40 bits per heavy atom. The molecule has 1 atom stereocenters. The van der Waals surface area contributed by atoms with Crippen LogP contribution in [0, 0.1) is 6.92 Å². The van der Waals surface area contributed by atoms with Gasteiger partial charge in [0, 0.05) is 12.8 Å². The van der Waals surface area contributed by atoms with Crippen LogP contribution < -0.4 is 0 Å². The van der Waals surface area contributed by atoms with Gasteiger partial charge in [-0.2, -0.15) is 8.42 Å². The fourth-order valence-corrected chi connectivity index (χ4v) is 2.38. The fraction of sp³-hybridized carbons (Fsp3) is 0.500. The Morgan fingerprint density at radius 1 is 1.25 bits per heavy atom. The van der Waals surface area contributed by atoms with Gasteiger partial charge in [-0.25, -0.2) is 0 Å². The number of carbonyl (C=O) groups is 1. The molecule has 0 bridgehead atoms. The van der Waals surface area contributed by atoms with E-state index in [0.29, 0.717) is 12.8 Å². The van der Waals surface area contributed by atoms with Gasteiger partial charge in [0.25, 0.3) is 10.1 Å². The first kappa shape index (κ1) is 16.7. The number of benzene rings is 1. The number of aryl methyl sites for hydroxylation is 1. The number of carbonyl (C=O) groups excluding carboxylic acids is 1. The van der Waals surface area contributed by atoms with Crippen LogP contribution in [0.1, 0.15) is 32.3 Å². The largest absolute Gasteiger partial charge is 0.463 e. The maximum absolute atomic E-state index is 11.9. The van der Waals surface area contributed by atoms with Crippen molar-refractivity contribution in [2.75, 3.05) is 6.61 Å². The van der Waals surface area contributed by atoms with Gasteiger partial charge in [0.1, 0.15) is 6.10 Å². The lowest BCUT2D eigenvalue weighted by Gasteiger charge is -2.12. The molecule has 0 heterocycles. The van der Waals surface area contributed by atoms with E-state index in [-0.39, 0.29) is 23.6 Å². The van der Waals surface area contributed by atoms with Crippen molar-refractivity contribution in [1.82, 2.24) is 0 Å². The molecule has 0 unspecified atom stereocenters. The van der Waals surface area contributed by atoms with Crippen molar-refractivity contribution in [2.45, 2.75) is 44.6 Å². The Hall–Kier alpha value is -1.40. The Kier molecular flexibility index (Phi) is 6.16. The van der Waals surface area contributed by atoms with E-state index in [1.54, 1.807) is 26.0 Å². The van der Waals surface area contributed by atoms with Crippen LogP contribution in [0.4, 0.5) is 0 Å². The lowest BCUT2D eigenvalue weighted by atomic mass is 10.2. The molecule has 5 nitrogen and oxygen atoms in total. The predicted molar refractivity (Wildman–Crippen MR) is 74.8 cm³/mol. The molecule has 0 fully saturated rings. The molecule has 0 aromatic heterocycles. The Morgan fingerprint density at radius 2 is 1.85 bits per heavy atom. The average molecular weight is 300 g/mol. The summed E-state index contributed by atoms with van der Waals surface area (Å²) in [5.74, 6) is -0.307. The van der Waals surface area contributed by atoms with Crippen molar-refractivity contribution in [3.05, 3.63) is 29.8 Å². The third-order valence-electron chi connectivity index (χ3n) is 2.69. The monoisotopic (exact) mass is 300 g/mol. The number of ether oxygens (including phenoxy) is 1. The highest BCUT2D eigenvalue weighted by Crippen LogP contribution is 2.14. The molecule has 0 amide bonds. The second kappa shape index (κ2) is 7.40. The summed E-state index contributed by atoms with van der Waals surface area (Å²) in [5.41, 5.74) is 0.976. The molecule has 0 aliphatic heterocycles. The van der Waals surface area contributed by atoms with E-state index in [9.17, 15) is 13.2 Å². The lowest BCUT2D eigenvalue weighted by Crippen LogP contribution is -2.17. The molecule has 0 N–H and O–H groups in total. The van der Waals surface area contributed by atoms with Crippen LogP contribution >= 0.6 is 0 Å². The van der Waals surface area contributed by atoms with Gasteiger partial charge in [0.05, 0.1) is 11.5 Å². The van der Waals surface area contributed by atoms with Gasteiger partial charge in [-0.15, -0.1) is 0 Å². The van der Waals surface area contributed by atoms with E-state index in [0.717, 1.165) is 5.56 Å². The minimum absolute atomic E-state index is 0.0195. The first-order valence-electron chi connectivity index (χ1n) is 6.50. The molecule has 1 aromatic carbocycles. The van der Waals surface area contributed by atoms with E-state index in [4.69, 9.17) is 8.92 Å². The van der Waals surface area contributed by atoms with Gasteiger partial charge < -0.3 is 4.74 Å². The summed E-state index contributed by atoms with van der Waals surface area (Å²) in [6.07, 6.45) is 0.264. The number of rotatable bonds is 7. The lowest BCUT2D eigenvalue weighted by molar-refractivity contribution is -0.148. The Labute approximate surface area is 120 Å². The summed E-state index contributed by atoms with van der Waals surface area (Å²) in [5, 5.41) is 0. The van der Waals surface area contributed by atoms with E-state index < -0.39 is 10.1 Å². The molecular weight excluding hydrogens is 280 g/mol. The number of hydrogen-bond donors (Lipinski definition) is 0. The minimum atomic E-state index is -3.75. The second-order valence-corrected chi connectivity index (χ2v) is 6.15. The predicted octanol–water partition coefficient (Wildman–Crippen LogP) is 2.43. The van der Waals surface area contributed by atoms with Crippen molar-refractivity contribution >= 4 is 16.1 Å². The first-order chi connectivity index (χ1) is 9.35. The molecular formula is C14H20O5S. The van der Waals surface area contributed by atoms with Crippen LogP contribution in [0.5, 0.6) is 0 Å². The molecule has 1 aromatic rings. The van der Waals surface area contributed by atoms with Gasteiger partial charge in [0.2, 0.25) is 0 Å². The highest BCUT2D eigenvalue weighted by molar-refractivity contribution is 7.86. The molecule has 0 spiro atoms. The van der Waals surface area contributed by atoms with E-state index in [1.807, 2.05) is 6.92 Å². The first-order valence-corrected chi connectivity index (χ1v) is 7.91. The van der Waals surface area contributed by atoms with Crippen molar-refractivity contribution in [2.24, 2.45) is 0 Å².